The van der Waals surface area contributed by atoms with E-state index in [1.54, 1.807) is 19.2 Å². The van der Waals surface area contributed by atoms with Crippen LogP contribution in [0.5, 0.6) is 5.75 Å². The van der Waals surface area contributed by atoms with Gasteiger partial charge in [-0.15, -0.1) is 0 Å². The van der Waals surface area contributed by atoms with E-state index in [1.807, 2.05) is 24.3 Å². The highest BCUT2D eigenvalue weighted by Gasteiger charge is 2.35. The fourth-order valence-electron chi connectivity index (χ4n) is 3.55. The minimum atomic E-state index is -0.206. The third-order valence-electron chi connectivity index (χ3n) is 4.93. The standard InChI is InChI=1S/C20H23ClN2O2/c1-25-18-9-7-15(8-10-18)20(11-2-3-12-20)14-22-19(24)23-17-6-4-5-16(21)13-17/h4-10,13H,2-3,11-12,14H2,1H3,(H2,22,23,24). The van der Waals surface area contributed by atoms with E-state index in [0.29, 0.717) is 17.3 Å². The van der Waals surface area contributed by atoms with E-state index >= 15 is 0 Å². The number of amides is 2. The van der Waals surface area contributed by atoms with Gasteiger partial charge in [-0.3, -0.25) is 0 Å². The highest BCUT2D eigenvalue weighted by Crippen LogP contribution is 2.41. The van der Waals surface area contributed by atoms with Gasteiger partial charge < -0.3 is 15.4 Å². The van der Waals surface area contributed by atoms with Crippen LogP contribution in [0.3, 0.4) is 0 Å². The Labute approximate surface area is 153 Å². The fourth-order valence-corrected chi connectivity index (χ4v) is 3.75. The van der Waals surface area contributed by atoms with Crippen LogP contribution in [0.4, 0.5) is 10.5 Å². The number of carbonyl (C=O) groups excluding carboxylic acids is 1. The highest BCUT2D eigenvalue weighted by molar-refractivity contribution is 6.30. The summed E-state index contributed by atoms with van der Waals surface area (Å²) < 4.78 is 5.25. The van der Waals surface area contributed by atoms with Gasteiger partial charge in [0.25, 0.3) is 0 Å². The highest BCUT2D eigenvalue weighted by atomic mass is 35.5. The Hall–Kier alpha value is -2.20. The number of hydrogen-bond donors (Lipinski definition) is 2. The molecule has 0 atom stereocenters. The van der Waals surface area contributed by atoms with Crippen LogP contribution in [0.1, 0.15) is 31.2 Å². The van der Waals surface area contributed by atoms with Gasteiger partial charge in [0.15, 0.2) is 0 Å². The molecule has 0 saturated heterocycles. The van der Waals surface area contributed by atoms with Crippen molar-refractivity contribution < 1.29 is 9.53 Å². The zero-order valence-corrected chi connectivity index (χ0v) is 15.1. The van der Waals surface area contributed by atoms with Crippen molar-refractivity contribution in [2.45, 2.75) is 31.1 Å². The van der Waals surface area contributed by atoms with E-state index in [0.717, 1.165) is 18.6 Å². The number of hydrogen-bond acceptors (Lipinski definition) is 2. The molecular weight excluding hydrogens is 336 g/mol. The first-order valence-electron chi connectivity index (χ1n) is 8.56. The largest absolute Gasteiger partial charge is 0.497 e. The van der Waals surface area contributed by atoms with Gasteiger partial charge in [0, 0.05) is 22.7 Å². The van der Waals surface area contributed by atoms with Gasteiger partial charge in [-0.2, -0.15) is 0 Å². The van der Waals surface area contributed by atoms with Crippen LogP contribution in [0.15, 0.2) is 48.5 Å². The number of halogens is 1. The number of rotatable bonds is 5. The van der Waals surface area contributed by atoms with E-state index in [4.69, 9.17) is 16.3 Å². The molecule has 1 fully saturated rings. The molecule has 5 heteroatoms. The maximum atomic E-state index is 12.3. The number of methoxy groups -OCH3 is 1. The fraction of sp³-hybridized carbons (Fsp3) is 0.350. The maximum Gasteiger partial charge on any atom is 0.319 e. The van der Waals surface area contributed by atoms with Crippen LogP contribution in [0, 0.1) is 0 Å². The third kappa shape index (κ3) is 4.26. The first kappa shape index (κ1) is 17.6. The van der Waals surface area contributed by atoms with Crippen molar-refractivity contribution in [3.63, 3.8) is 0 Å². The van der Waals surface area contributed by atoms with Crippen molar-refractivity contribution in [1.29, 1.82) is 0 Å². The zero-order valence-electron chi connectivity index (χ0n) is 14.3. The van der Waals surface area contributed by atoms with Crippen LogP contribution in [0.25, 0.3) is 0 Å². The molecule has 3 rings (SSSR count). The molecule has 2 aromatic rings. The SMILES string of the molecule is COc1ccc(C2(CNC(=O)Nc3cccc(Cl)c3)CCCC2)cc1. The molecule has 132 valence electrons. The maximum absolute atomic E-state index is 12.3. The molecule has 0 heterocycles. The predicted octanol–water partition coefficient (Wildman–Crippen LogP) is 4.98. The van der Waals surface area contributed by atoms with E-state index in [9.17, 15) is 4.79 Å². The van der Waals surface area contributed by atoms with Gasteiger partial charge in [0.1, 0.15) is 5.75 Å². The number of anilines is 1. The molecular formula is C20H23ClN2O2. The Morgan fingerprint density at radius 3 is 2.52 bits per heavy atom. The van der Waals surface area contributed by atoms with E-state index in [2.05, 4.69) is 22.8 Å². The second kappa shape index (κ2) is 7.79. The molecule has 2 amide bonds. The summed E-state index contributed by atoms with van der Waals surface area (Å²) >= 11 is 5.95. The van der Waals surface area contributed by atoms with Crippen molar-refractivity contribution in [2.24, 2.45) is 0 Å². The molecule has 1 saturated carbocycles. The average molecular weight is 359 g/mol. The third-order valence-corrected chi connectivity index (χ3v) is 5.17. The lowest BCUT2D eigenvalue weighted by atomic mass is 9.79. The quantitative estimate of drug-likeness (QED) is 0.791. The topological polar surface area (TPSA) is 50.4 Å². The normalized spacial score (nSPS) is 15.6. The summed E-state index contributed by atoms with van der Waals surface area (Å²) in [5.74, 6) is 0.851. The van der Waals surface area contributed by atoms with Crippen molar-refractivity contribution in [2.75, 3.05) is 19.0 Å². The molecule has 1 aliphatic carbocycles. The van der Waals surface area contributed by atoms with Gasteiger partial charge >= 0.3 is 6.03 Å². The van der Waals surface area contributed by atoms with Crippen molar-refractivity contribution >= 4 is 23.3 Å². The molecule has 0 radical (unpaired) electrons. The Balaban J connectivity index is 1.66. The summed E-state index contributed by atoms with van der Waals surface area (Å²) in [6.45, 7) is 0.617. The van der Waals surface area contributed by atoms with Crippen LogP contribution < -0.4 is 15.4 Å². The van der Waals surface area contributed by atoms with Crippen molar-refractivity contribution in [3.8, 4) is 5.75 Å². The molecule has 2 aromatic carbocycles. The lowest BCUT2D eigenvalue weighted by Gasteiger charge is -2.30. The summed E-state index contributed by atoms with van der Waals surface area (Å²) in [5, 5.41) is 6.48. The van der Waals surface area contributed by atoms with Crippen LogP contribution >= 0.6 is 11.6 Å². The number of benzene rings is 2. The van der Waals surface area contributed by atoms with E-state index in [1.165, 1.54) is 18.4 Å². The number of carbonyl (C=O) groups is 1. The molecule has 0 spiro atoms. The first-order chi connectivity index (χ1) is 12.1. The Bertz CT molecular complexity index is 725. The van der Waals surface area contributed by atoms with Gasteiger partial charge in [0.05, 0.1) is 7.11 Å². The Morgan fingerprint density at radius 2 is 1.88 bits per heavy atom. The number of nitrogens with one attached hydrogen (secondary N) is 2. The summed E-state index contributed by atoms with van der Waals surface area (Å²) in [6.07, 6.45) is 4.53. The van der Waals surface area contributed by atoms with E-state index < -0.39 is 0 Å². The monoisotopic (exact) mass is 358 g/mol. The minimum Gasteiger partial charge on any atom is -0.497 e. The first-order valence-corrected chi connectivity index (χ1v) is 8.94. The lowest BCUT2D eigenvalue weighted by Crippen LogP contribution is -2.40. The predicted molar refractivity (Wildman–Crippen MR) is 102 cm³/mol. The second-order valence-electron chi connectivity index (χ2n) is 6.53. The minimum absolute atomic E-state index is 0.00204. The molecule has 0 bridgehead atoms. The molecule has 0 aliphatic heterocycles. The van der Waals surface area contributed by atoms with Crippen molar-refractivity contribution in [3.05, 3.63) is 59.1 Å². The molecule has 0 aromatic heterocycles. The van der Waals surface area contributed by atoms with E-state index in [-0.39, 0.29) is 11.4 Å². The van der Waals surface area contributed by atoms with Gasteiger partial charge in [-0.05, 0) is 48.7 Å². The van der Waals surface area contributed by atoms with Crippen LogP contribution in [-0.4, -0.2) is 19.7 Å². The van der Waals surface area contributed by atoms with Gasteiger partial charge in [-0.25, -0.2) is 4.79 Å². The lowest BCUT2D eigenvalue weighted by molar-refractivity contribution is 0.248. The summed E-state index contributed by atoms with van der Waals surface area (Å²) in [4.78, 5) is 12.3. The molecule has 0 unspecified atom stereocenters. The average Bonchev–Trinajstić information content (AvgIpc) is 3.10. The van der Waals surface area contributed by atoms with Gasteiger partial charge in [0.2, 0.25) is 0 Å². The summed E-state index contributed by atoms with van der Waals surface area (Å²) in [6, 6.07) is 15.1. The smallest absolute Gasteiger partial charge is 0.319 e. The van der Waals surface area contributed by atoms with Crippen LogP contribution in [0.2, 0.25) is 5.02 Å². The Kier molecular flexibility index (Phi) is 5.49. The molecule has 2 N–H and O–H groups in total. The second-order valence-corrected chi connectivity index (χ2v) is 6.97. The Morgan fingerprint density at radius 1 is 1.16 bits per heavy atom. The number of urea groups is 1. The van der Waals surface area contributed by atoms with Gasteiger partial charge in [-0.1, -0.05) is 42.6 Å². The summed E-state index contributed by atoms with van der Waals surface area (Å²) in [5.41, 5.74) is 1.95. The number of ether oxygens (including phenoxy) is 1. The molecule has 1 aliphatic rings. The molecule has 25 heavy (non-hydrogen) atoms. The zero-order chi connectivity index (χ0) is 17.7. The summed E-state index contributed by atoms with van der Waals surface area (Å²) in [7, 11) is 1.67. The van der Waals surface area contributed by atoms with Crippen molar-refractivity contribution in [1.82, 2.24) is 5.32 Å². The van der Waals surface area contributed by atoms with Crippen LogP contribution in [-0.2, 0) is 5.41 Å². The molecule has 4 nitrogen and oxygen atoms in total.